The number of piperidine rings is 1. The number of hydrogen-bond acceptors (Lipinski definition) is 3. The van der Waals surface area contributed by atoms with E-state index in [2.05, 4.69) is 21.2 Å². The maximum Gasteiger partial charge on any atom is 0.230 e. The van der Waals surface area contributed by atoms with Gasteiger partial charge in [-0.05, 0) is 37.1 Å². The standard InChI is InChI=1S/C18H25BrN2O2S/c1-18(2,3)17(23)21-10-8-14(9-11-21)20-16(22)12-24-15-6-4-13(19)5-7-15/h4-7,14H,8-12H2,1-3H3,(H,20,22). The molecule has 1 aromatic carbocycles. The Kier molecular flexibility index (Phi) is 6.75. The van der Waals surface area contributed by atoms with Crippen LogP contribution in [0.2, 0.25) is 0 Å². The molecule has 0 unspecified atom stereocenters. The van der Waals surface area contributed by atoms with Crippen molar-refractivity contribution < 1.29 is 9.59 Å². The van der Waals surface area contributed by atoms with Gasteiger partial charge < -0.3 is 10.2 Å². The van der Waals surface area contributed by atoms with Crippen LogP contribution in [-0.2, 0) is 9.59 Å². The predicted octanol–water partition coefficient (Wildman–Crippen LogP) is 3.69. The Bertz CT molecular complexity index is 576. The zero-order valence-electron chi connectivity index (χ0n) is 14.5. The van der Waals surface area contributed by atoms with Gasteiger partial charge in [-0.3, -0.25) is 9.59 Å². The summed E-state index contributed by atoms with van der Waals surface area (Å²) in [6.07, 6.45) is 1.66. The molecule has 1 saturated heterocycles. The van der Waals surface area contributed by atoms with Crippen molar-refractivity contribution in [2.45, 2.75) is 44.6 Å². The molecule has 1 aromatic rings. The monoisotopic (exact) mass is 412 g/mol. The second kappa shape index (κ2) is 8.39. The normalized spacial score (nSPS) is 16.1. The first-order chi connectivity index (χ1) is 11.3. The highest BCUT2D eigenvalue weighted by Crippen LogP contribution is 2.22. The number of nitrogens with zero attached hydrogens (tertiary/aromatic N) is 1. The largest absolute Gasteiger partial charge is 0.353 e. The number of thioether (sulfide) groups is 1. The number of rotatable bonds is 4. The number of halogens is 1. The van der Waals surface area contributed by atoms with Gasteiger partial charge in [-0.15, -0.1) is 11.8 Å². The van der Waals surface area contributed by atoms with E-state index in [0.29, 0.717) is 5.75 Å². The maximum absolute atomic E-state index is 12.3. The molecule has 132 valence electrons. The fourth-order valence-corrected chi connectivity index (χ4v) is 3.62. The van der Waals surface area contributed by atoms with Crippen LogP contribution in [0.4, 0.5) is 0 Å². The minimum absolute atomic E-state index is 0.0588. The quantitative estimate of drug-likeness (QED) is 0.766. The summed E-state index contributed by atoms with van der Waals surface area (Å²) in [5, 5.41) is 3.09. The van der Waals surface area contributed by atoms with E-state index in [1.165, 1.54) is 11.8 Å². The Morgan fingerprint density at radius 1 is 1.21 bits per heavy atom. The van der Waals surface area contributed by atoms with Crippen LogP contribution in [0, 0.1) is 5.41 Å². The van der Waals surface area contributed by atoms with Gasteiger partial charge in [0.1, 0.15) is 0 Å². The zero-order valence-corrected chi connectivity index (χ0v) is 16.9. The first kappa shape index (κ1) is 19.3. The Labute approximate surface area is 156 Å². The summed E-state index contributed by atoms with van der Waals surface area (Å²) >= 11 is 4.94. The first-order valence-corrected chi connectivity index (χ1v) is 10.0. The number of nitrogens with one attached hydrogen (secondary N) is 1. The van der Waals surface area contributed by atoms with E-state index >= 15 is 0 Å². The number of likely N-dealkylation sites (tertiary alicyclic amines) is 1. The topological polar surface area (TPSA) is 49.4 Å². The van der Waals surface area contributed by atoms with E-state index in [9.17, 15) is 9.59 Å². The molecule has 0 atom stereocenters. The highest BCUT2D eigenvalue weighted by Gasteiger charge is 2.30. The Hall–Kier alpha value is -1.01. The molecule has 4 nitrogen and oxygen atoms in total. The van der Waals surface area contributed by atoms with E-state index in [1.807, 2.05) is 49.9 Å². The second-order valence-electron chi connectivity index (χ2n) is 7.13. The van der Waals surface area contributed by atoms with E-state index < -0.39 is 0 Å². The molecule has 1 fully saturated rings. The molecule has 24 heavy (non-hydrogen) atoms. The van der Waals surface area contributed by atoms with Gasteiger partial charge in [0.25, 0.3) is 0 Å². The Morgan fingerprint density at radius 2 is 1.79 bits per heavy atom. The van der Waals surface area contributed by atoms with Crippen molar-refractivity contribution in [2.75, 3.05) is 18.8 Å². The van der Waals surface area contributed by atoms with Crippen molar-refractivity contribution in [3.05, 3.63) is 28.7 Å². The van der Waals surface area contributed by atoms with Crippen LogP contribution < -0.4 is 5.32 Å². The molecule has 6 heteroatoms. The molecule has 2 rings (SSSR count). The predicted molar refractivity (Wildman–Crippen MR) is 102 cm³/mol. The summed E-state index contributed by atoms with van der Waals surface area (Å²) in [5.74, 6) is 0.671. The third-order valence-electron chi connectivity index (χ3n) is 3.97. The summed E-state index contributed by atoms with van der Waals surface area (Å²) in [4.78, 5) is 27.4. The van der Waals surface area contributed by atoms with Gasteiger partial charge in [-0.25, -0.2) is 0 Å². The minimum Gasteiger partial charge on any atom is -0.353 e. The Balaban J connectivity index is 1.72. The summed E-state index contributed by atoms with van der Waals surface area (Å²) in [6.45, 7) is 7.29. The lowest BCUT2D eigenvalue weighted by atomic mass is 9.93. The van der Waals surface area contributed by atoms with Gasteiger partial charge >= 0.3 is 0 Å². The zero-order chi connectivity index (χ0) is 17.7. The molecule has 0 bridgehead atoms. The molecule has 1 aliphatic heterocycles. The highest BCUT2D eigenvalue weighted by molar-refractivity contribution is 9.10. The van der Waals surface area contributed by atoms with Crippen LogP contribution in [-0.4, -0.2) is 41.6 Å². The van der Waals surface area contributed by atoms with Crippen LogP contribution in [0.25, 0.3) is 0 Å². The molecular formula is C18H25BrN2O2S. The molecule has 0 spiro atoms. The summed E-state index contributed by atoms with van der Waals surface area (Å²) in [5.41, 5.74) is -0.336. The molecule has 1 heterocycles. The number of carbonyl (C=O) groups is 2. The van der Waals surface area contributed by atoms with Crippen molar-refractivity contribution >= 4 is 39.5 Å². The SMILES string of the molecule is CC(C)(C)C(=O)N1CCC(NC(=O)CSc2ccc(Br)cc2)CC1. The maximum atomic E-state index is 12.3. The Morgan fingerprint density at radius 3 is 2.33 bits per heavy atom. The van der Waals surface area contributed by atoms with E-state index in [0.717, 1.165) is 35.3 Å². The molecule has 0 saturated carbocycles. The third-order valence-corrected chi connectivity index (χ3v) is 5.51. The first-order valence-electron chi connectivity index (χ1n) is 8.23. The lowest BCUT2D eigenvalue weighted by Gasteiger charge is -2.36. The molecular weight excluding hydrogens is 388 g/mol. The molecule has 2 amide bonds. The lowest BCUT2D eigenvalue weighted by Crippen LogP contribution is -2.49. The molecule has 1 N–H and O–H groups in total. The van der Waals surface area contributed by atoms with Crippen LogP contribution in [0.1, 0.15) is 33.6 Å². The summed E-state index contributed by atoms with van der Waals surface area (Å²) in [7, 11) is 0. The highest BCUT2D eigenvalue weighted by atomic mass is 79.9. The van der Waals surface area contributed by atoms with Crippen LogP contribution in [0.3, 0.4) is 0 Å². The van der Waals surface area contributed by atoms with Crippen LogP contribution >= 0.6 is 27.7 Å². The van der Waals surface area contributed by atoms with Crippen molar-refractivity contribution in [1.29, 1.82) is 0 Å². The lowest BCUT2D eigenvalue weighted by molar-refractivity contribution is -0.140. The number of carbonyl (C=O) groups excluding carboxylic acids is 2. The van der Waals surface area contributed by atoms with Gasteiger partial charge in [0.05, 0.1) is 5.75 Å². The number of benzene rings is 1. The van der Waals surface area contributed by atoms with Gasteiger partial charge in [0, 0.05) is 33.9 Å². The van der Waals surface area contributed by atoms with E-state index in [4.69, 9.17) is 0 Å². The minimum atomic E-state index is -0.336. The fraction of sp³-hybridized carbons (Fsp3) is 0.556. The van der Waals surface area contributed by atoms with Gasteiger partial charge in [-0.2, -0.15) is 0 Å². The van der Waals surface area contributed by atoms with Crippen molar-refractivity contribution in [3.8, 4) is 0 Å². The van der Waals surface area contributed by atoms with Crippen molar-refractivity contribution in [3.63, 3.8) is 0 Å². The smallest absolute Gasteiger partial charge is 0.230 e. The van der Waals surface area contributed by atoms with Crippen molar-refractivity contribution in [1.82, 2.24) is 10.2 Å². The van der Waals surface area contributed by atoms with Crippen molar-refractivity contribution in [2.24, 2.45) is 5.41 Å². The average Bonchev–Trinajstić information content (AvgIpc) is 2.53. The fourth-order valence-electron chi connectivity index (χ4n) is 2.65. The van der Waals surface area contributed by atoms with Crippen LogP contribution in [0.15, 0.2) is 33.6 Å². The van der Waals surface area contributed by atoms with E-state index in [-0.39, 0.29) is 23.3 Å². The van der Waals surface area contributed by atoms with Crippen LogP contribution in [0.5, 0.6) is 0 Å². The van der Waals surface area contributed by atoms with Gasteiger partial charge in [0.2, 0.25) is 11.8 Å². The van der Waals surface area contributed by atoms with Gasteiger partial charge in [-0.1, -0.05) is 36.7 Å². The number of amides is 2. The van der Waals surface area contributed by atoms with Gasteiger partial charge in [0.15, 0.2) is 0 Å². The summed E-state index contributed by atoms with van der Waals surface area (Å²) in [6, 6.07) is 8.12. The molecule has 0 aliphatic carbocycles. The third kappa shape index (κ3) is 5.81. The summed E-state index contributed by atoms with van der Waals surface area (Å²) < 4.78 is 1.04. The van der Waals surface area contributed by atoms with E-state index in [1.54, 1.807) is 0 Å². The second-order valence-corrected chi connectivity index (χ2v) is 9.09. The average molecular weight is 413 g/mol. The number of hydrogen-bond donors (Lipinski definition) is 1. The molecule has 0 radical (unpaired) electrons. The molecule has 0 aromatic heterocycles. The molecule has 1 aliphatic rings.